The molecular formula is C7H6N2O4. The van der Waals surface area contributed by atoms with Crippen LogP contribution in [0, 0.1) is 22.2 Å². The summed E-state index contributed by atoms with van der Waals surface area (Å²) < 4.78 is 0.301. The number of hydrogen-bond donors (Lipinski definition) is 0. The van der Waals surface area contributed by atoms with Gasteiger partial charge in [0.05, 0.1) is 11.0 Å². The lowest BCUT2D eigenvalue weighted by molar-refractivity contribution is -0.608. The summed E-state index contributed by atoms with van der Waals surface area (Å²) in [7, 11) is 0. The van der Waals surface area contributed by atoms with Gasteiger partial charge in [-0.05, 0) is 6.92 Å². The number of pyridine rings is 1. The Morgan fingerprint density at radius 1 is 1.62 bits per heavy atom. The maximum absolute atomic E-state index is 10.9. The van der Waals surface area contributed by atoms with Gasteiger partial charge in [0.25, 0.3) is 11.4 Å². The average Bonchev–Trinajstić information content (AvgIpc) is 2.04. The molecule has 1 heterocycles. The summed E-state index contributed by atoms with van der Waals surface area (Å²) in [5.41, 5.74) is -0.374. The molecule has 0 saturated heterocycles. The van der Waals surface area contributed by atoms with Crippen LogP contribution >= 0.6 is 0 Å². The molecule has 0 amide bonds. The van der Waals surface area contributed by atoms with Crippen molar-refractivity contribution >= 4 is 12.0 Å². The average molecular weight is 182 g/mol. The summed E-state index contributed by atoms with van der Waals surface area (Å²) in [6.07, 6.45) is 1.24. The Labute approximate surface area is 73.2 Å². The molecule has 6 heteroatoms. The predicted molar refractivity (Wildman–Crippen MR) is 42.2 cm³/mol. The second kappa shape index (κ2) is 3.18. The Balaban J connectivity index is 3.44. The molecule has 0 aliphatic heterocycles. The number of rotatable bonds is 2. The first-order valence-electron chi connectivity index (χ1n) is 3.40. The van der Waals surface area contributed by atoms with Gasteiger partial charge in [0, 0.05) is 0 Å². The second-order valence-corrected chi connectivity index (χ2v) is 2.41. The topological polar surface area (TPSA) is 87.2 Å². The summed E-state index contributed by atoms with van der Waals surface area (Å²) in [5, 5.41) is 21.3. The summed E-state index contributed by atoms with van der Waals surface area (Å²) in [5.74, 6) is 0. The standard InChI is InChI=1S/C7H6N2O4/c1-5-6(9(12)13)2-3-8(11)7(5)4-10/h2-4H,1H3. The molecule has 6 nitrogen and oxygen atoms in total. The van der Waals surface area contributed by atoms with Gasteiger partial charge in [-0.2, -0.15) is 4.73 Å². The third-order valence-corrected chi connectivity index (χ3v) is 1.68. The van der Waals surface area contributed by atoms with E-state index in [0.29, 0.717) is 11.0 Å². The monoisotopic (exact) mass is 182 g/mol. The fourth-order valence-electron chi connectivity index (χ4n) is 0.978. The van der Waals surface area contributed by atoms with E-state index in [9.17, 15) is 20.1 Å². The highest BCUT2D eigenvalue weighted by Gasteiger charge is 2.19. The third-order valence-electron chi connectivity index (χ3n) is 1.68. The lowest BCUT2D eigenvalue weighted by Crippen LogP contribution is -2.32. The Bertz CT molecular complexity index is 375. The van der Waals surface area contributed by atoms with Crippen molar-refractivity contribution in [1.82, 2.24) is 0 Å². The molecule has 1 aromatic heterocycles. The van der Waals surface area contributed by atoms with Crippen molar-refractivity contribution in [3.8, 4) is 0 Å². The molecular weight excluding hydrogens is 176 g/mol. The van der Waals surface area contributed by atoms with Crippen LogP contribution in [0.25, 0.3) is 0 Å². The van der Waals surface area contributed by atoms with Crippen LogP contribution in [-0.4, -0.2) is 11.2 Å². The van der Waals surface area contributed by atoms with E-state index in [1.165, 1.54) is 6.92 Å². The smallest absolute Gasteiger partial charge is 0.285 e. The summed E-state index contributed by atoms with van der Waals surface area (Å²) in [6.45, 7) is 1.36. The highest BCUT2D eigenvalue weighted by molar-refractivity contribution is 5.74. The van der Waals surface area contributed by atoms with Crippen molar-refractivity contribution in [2.75, 3.05) is 0 Å². The van der Waals surface area contributed by atoms with Crippen molar-refractivity contribution in [3.63, 3.8) is 0 Å². The van der Waals surface area contributed by atoms with Crippen molar-refractivity contribution in [1.29, 1.82) is 0 Å². The number of nitro groups is 1. The predicted octanol–water partition coefficient (Wildman–Crippen LogP) is 0.349. The van der Waals surface area contributed by atoms with Gasteiger partial charge in [-0.3, -0.25) is 14.9 Å². The molecule has 0 aliphatic carbocycles. The van der Waals surface area contributed by atoms with E-state index in [0.717, 1.165) is 12.3 Å². The second-order valence-electron chi connectivity index (χ2n) is 2.41. The maximum atomic E-state index is 10.9. The zero-order valence-corrected chi connectivity index (χ0v) is 6.76. The maximum Gasteiger partial charge on any atom is 0.285 e. The summed E-state index contributed by atoms with van der Waals surface area (Å²) >= 11 is 0. The third kappa shape index (κ3) is 1.46. The van der Waals surface area contributed by atoms with Crippen LogP contribution < -0.4 is 4.73 Å². The van der Waals surface area contributed by atoms with Crippen molar-refractivity contribution in [2.24, 2.45) is 0 Å². The summed E-state index contributed by atoms with van der Waals surface area (Å²) in [4.78, 5) is 20.1. The summed E-state index contributed by atoms with van der Waals surface area (Å²) in [6, 6.07) is 1.06. The van der Waals surface area contributed by atoms with Gasteiger partial charge in [-0.15, -0.1) is 0 Å². The molecule has 68 valence electrons. The van der Waals surface area contributed by atoms with Crippen LogP contribution in [0.3, 0.4) is 0 Å². The SMILES string of the molecule is Cc1c([N+](=O)[O-])cc[n+]([O-])c1C=O. The lowest BCUT2D eigenvalue weighted by atomic mass is 10.2. The Morgan fingerprint density at radius 2 is 2.23 bits per heavy atom. The van der Waals surface area contributed by atoms with Gasteiger partial charge in [0.15, 0.2) is 6.20 Å². The van der Waals surface area contributed by atoms with E-state index >= 15 is 0 Å². The zero-order valence-electron chi connectivity index (χ0n) is 6.76. The molecule has 0 N–H and O–H groups in total. The van der Waals surface area contributed by atoms with Crippen molar-refractivity contribution in [2.45, 2.75) is 6.92 Å². The first kappa shape index (κ1) is 9.11. The van der Waals surface area contributed by atoms with E-state index in [1.807, 2.05) is 0 Å². The molecule has 0 spiro atoms. The Hall–Kier alpha value is -1.98. The molecule has 0 saturated carbocycles. The zero-order chi connectivity index (χ0) is 10.0. The van der Waals surface area contributed by atoms with E-state index in [-0.39, 0.29) is 16.9 Å². The molecule has 0 bridgehead atoms. The van der Waals surface area contributed by atoms with Crippen LogP contribution in [0.5, 0.6) is 0 Å². The van der Waals surface area contributed by atoms with E-state index in [1.54, 1.807) is 0 Å². The molecule has 0 aromatic carbocycles. The lowest BCUT2D eigenvalue weighted by Gasteiger charge is -2.01. The molecule has 0 aliphatic rings. The number of carbonyl (C=O) groups is 1. The van der Waals surface area contributed by atoms with Gasteiger partial charge in [-0.1, -0.05) is 0 Å². The highest BCUT2D eigenvalue weighted by atomic mass is 16.6. The van der Waals surface area contributed by atoms with Crippen molar-refractivity contribution < 1.29 is 14.4 Å². The number of carbonyl (C=O) groups excluding carboxylic acids is 1. The molecule has 0 radical (unpaired) electrons. The Morgan fingerprint density at radius 3 is 2.69 bits per heavy atom. The number of aldehydes is 1. The van der Waals surface area contributed by atoms with Crippen molar-refractivity contribution in [3.05, 3.63) is 38.8 Å². The number of aromatic nitrogens is 1. The fourth-order valence-corrected chi connectivity index (χ4v) is 0.978. The molecule has 0 fully saturated rings. The van der Waals surface area contributed by atoms with E-state index < -0.39 is 4.92 Å². The number of nitrogens with zero attached hydrogens (tertiary/aromatic N) is 2. The first-order valence-corrected chi connectivity index (χ1v) is 3.40. The minimum Gasteiger partial charge on any atom is -0.618 e. The van der Waals surface area contributed by atoms with Gasteiger partial charge in [0.2, 0.25) is 6.29 Å². The van der Waals surface area contributed by atoms with Crippen LogP contribution in [0.15, 0.2) is 12.3 Å². The molecule has 0 atom stereocenters. The largest absolute Gasteiger partial charge is 0.618 e. The van der Waals surface area contributed by atoms with Gasteiger partial charge in [-0.25, -0.2) is 0 Å². The molecule has 1 rings (SSSR count). The molecule has 1 aromatic rings. The minimum atomic E-state index is -0.637. The first-order chi connectivity index (χ1) is 6.07. The molecule has 13 heavy (non-hydrogen) atoms. The Kier molecular flexibility index (Phi) is 2.23. The van der Waals surface area contributed by atoms with Gasteiger partial charge >= 0.3 is 0 Å². The normalized spacial score (nSPS) is 9.62. The van der Waals surface area contributed by atoms with Crippen LogP contribution in [0.1, 0.15) is 16.1 Å². The quantitative estimate of drug-likeness (QED) is 0.217. The molecule has 0 unspecified atom stereocenters. The fraction of sp³-hybridized carbons (Fsp3) is 0.143. The van der Waals surface area contributed by atoms with Crippen LogP contribution in [0.4, 0.5) is 5.69 Å². The van der Waals surface area contributed by atoms with Gasteiger partial charge in [0.1, 0.15) is 5.56 Å². The van der Waals surface area contributed by atoms with E-state index in [2.05, 4.69) is 0 Å². The number of hydrogen-bond acceptors (Lipinski definition) is 4. The highest BCUT2D eigenvalue weighted by Crippen LogP contribution is 2.16. The van der Waals surface area contributed by atoms with Crippen LogP contribution in [-0.2, 0) is 0 Å². The minimum absolute atomic E-state index is 0.0810. The van der Waals surface area contributed by atoms with E-state index in [4.69, 9.17) is 0 Å². The van der Waals surface area contributed by atoms with Gasteiger partial charge < -0.3 is 5.21 Å². The van der Waals surface area contributed by atoms with Crippen LogP contribution in [0.2, 0.25) is 0 Å².